The normalized spacial score (nSPS) is 10.3. The van der Waals surface area contributed by atoms with Gasteiger partial charge in [0.25, 0.3) is 0 Å². The van der Waals surface area contributed by atoms with Gasteiger partial charge in [0.15, 0.2) is 5.82 Å². The van der Waals surface area contributed by atoms with Gasteiger partial charge in [0.1, 0.15) is 0 Å². The number of esters is 1. The molecule has 0 amide bonds. The number of aromatic nitrogens is 3. The maximum absolute atomic E-state index is 11.3. The van der Waals surface area contributed by atoms with Crippen LogP contribution in [0.5, 0.6) is 0 Å². The third-order valence-electron chi connectivity index (χ3n) is 2.22. The monoisotopic (exact) mass is 265 g/mol. The molecule has 0 fully saturated rings. The van der Waals surface area contributed by atoms with Crippen LogP contribution in [0.15, 0.2) is 30.6 Å². The van der Waals surface area contributed by atoms with Crippen molar-refractivity contribution in [3.63, 3.8) is 0 Å². The van der Waals surface area contributed by atoms with Crippen LogP contribution >= 0.6 is 11.6 Å². The van der Waals surface area contributed by atoms with Gasteiger partial charge in [-0.15, -0.1) is 0 Å². The summed E-state index contributed by atoms with van der Waals surface area (Å²) < 4.78 is 6.42. The highest BCUT2D eigenvalue weighted by Gasteiger charge is 2.08. The smallest absolute Gasteiger partial charge is 0.311 e. The molecule has 2 rings (SSSR count). The van der Waals surface area contributed by atoms with Crippen molar-refractivity contribution in [3.05, 3.63) is 41.3 Å². The first-order valence-electron chi connectivity index (χ1n) is 5.51. The molecular weight excluding hydrogens is 254 g/mol. The first-order valence-corrected chi connectivity index (χ1v) is 5.89. The van der Waals surface area contributed by atoms with Crippen LogP contribution in [0.4, 0.5) is 0 Å². The second-order valence-electron chi connectivity index (χ2n) is 3.57. The number of carbonyl (C=O) groups excluding carboxylic acids is 1. The Morgan fingerprint density at radius 1 is 1.50 bits per heavy atom. The molecule has 0 aliphatic carbocycles. The van der Waals surface area contributed by atoms with Crippen LogP contribution in [0.1, 0.15) is 12.6 Å². The lowest BCUT2D eigenvalue weighted by molar-refractivity contribution is -0.142. The molecule has 6 heteroatoms. The Morgan fingerprint density at radius 2 is 2.33 bits per heavy atom. The lowest BCUT2D eigenvalue weighted by atomic mass is 10.3. The summed E-state index contributed by atoms with van der Waals surface area (Å²) in [5.41, 5.74) is 0.634. The lowest BCUT2D eigenvalue weighted by Gasteiger charge is -2.00. The summed E-state index contributed by atoms with van der Waals surface area (Å²) in [7, 11) is 0. The van der Waals surface area contributed by atoms with Crippen molar-refractivity contribution >= 4 is 17.6 Å². The van der Waals surface area contributed by atoms with Gasteiger partial charge in [0, 0.05) is 23.5 Å². The zero-order valence-corrected chi connectivity index (χ0v) is 10.6. The maximum Gasteiger partial charge on any atom is 0.311 e. The SMILES string of the molecule is CCOC(=O)Cc1ccn(-c2cc(Cl)ccn2)n1. The molecule has 0 atom stereocenters. The van der Waals surface area contributed by atoms with Gasteiger partial charge in [-0.3, -0.25) is 4.79 Å². The summed E-state index contributed by atoms with van der Waals surface area (Å²) in [4.78, 5) is 15.4. The molecule has 0 aliphatic heterocycles. The number of nitrogens with zero attached hydrogens (tertiary/aromatic N) is 3. The van der Waals surface area contributed by atoms with E-state index >= 15 is 0 Å². The van der Waals surface area contributed by atoms with E-state index in [1.165, 1.54) is 0 Å². The van der Waals surface area contributed by atoms with E-state index in [2.05, 4.69) is 10.1 Å². The average Bonchev–Trinajstić information content (AvgIpc) is 2.78. The summed E-state index contributed by atoms with van der Waals surface area (Å²) in [6.45, 7) is 2.14. The van der Waals surface area contributed by atoms with Crippen molar-refractivity contribution in [1.29, 1.82) is 0 Å². The number of pyridine rings is 1. The number of hydrogen-bond donors (Lipinski definition) is 0. The van der Waals surface area contributed by atoms with E-state index in [-0.39, 0.29) is 12.4 Å². The molecule has 0 unspecified atom stereocenters. The van der Waals surface area contributed by atoms with E-state index < -0.39 is 0 Å². The Bertz CT molecular complexity index is 554. The molecule has 94 valence electrons. The molecule has 0 aliphatic rings. The fraction of sp³-hybridized carbons (Fsp3) is 0.250. The number of halogens is 1. The first-order chi connectivity index (χ1) is 8.69. The van der Waals surface area contributed by atoms with E-state index in [0.29, 0.717) is 23.1 Å². The summed E-state index contributed by atoms with van der Waals surface area (Å²) >= 11 is 5.87. The van der Waals surface area contributed by atoms with E-state index in [0.717, 1.165) is 0 Å². The highest BCUT2D eigenvalue weighted by molar-refractivity contribution is 6.30. The van der Waals surface area contributed by atoms with Gasteiger partial charge < -0.3 is 4.74 Å². The van der Waals surface area contributed by atoms with Crippen LogP contribution in [0.3, 0.4) is 0 Å². The van der Waals surface area contributed by atoms with Crippen LogP contribution in [0, 0.1) is 0 Å². The topological polar surface area (TPSA) is 57.0 Å². The molecule has 0 spiro atoms. The molecule has 5 nitrogen and oxygen atoms in total. The molecule has 0 radical (unpaired) electrons. The fourth-order valence-corrected chi connectivity index (χ4v) is 1.62. The molecule has 0 saturated carbocycles. The second-order valence-corrected chi connectivity index (χ2v) is 4.00. The van der Waals surface area contributed by atoms with Crippen molar-refractivity contribution in [3.8, 4) is 5.82 Å². The van der Waals surface area contributed by atoms with Crippen molar-refractivity contribution in [2.24, 2.45) is 0 Å². The van der Waals surface area contributed by atoms with Gasteiger partial charge in [-0.25, -0.2) is 9.67 Å². The molecule has 2 aromatic rings. The predicted molar refractivity (Wildman–Crippen MR) is 66.7 cm³/mol. The molecule has 0 aromatic carbocycles. The van der Waals surface area contributed by atoms with Crippen molar-refractivity contribution < 1.29 is 9.53 Å². The Labute approximate surface area is 109 Å². The number of hydrogen-bond acceptors (Lipinski definition) is 4. The standard InChI is InChI=1S/C12H12ClN3O2/c1-2-18-12(17)8-10-4-6-16(15-10)11-7-9(13)3-5-14-11/h3-7H,2,8H2,1H3. The minimum atomic E-state index is -0.290. The Morgan fingerprint density at radius 3 is 3.06 bits per heavy atom. The largest absolute Gasteiger partial charge is 0.466 e. The van der Waals surface area contributed by atoms with E-state index in [4.69, 9.17) is 16.3 Å². The summed E-state index contributed by atoms with van der Waals surface area (Å²) in [6, 6.07) is 5.14. The van der Waals surface area contributed by atoms with Gasteiger partial charge in [-0.05, 0) is 19.1 Å². The Balaban J connectivity index is 2.13. The maximum atomic E-state index is 11.3. The third-order valence-corrected chi connectivity index (χ3v) is 2.45. The lowest BCUT2D eigenvalue weighted by Crippen LogP contribution is -2.08. The van der Waals surface area contributed by atoms with Crippen molar-refractivity contribution in [2.75, 3.05) is 6.61 Å². The molecule has 2 heterocycles. The zero-order chi connectivity index (χ0) is 13.0. The summed E-state index contributed by atoms with van der Waals surface area (Å²) in [6.07, 6.45) is 3.49. The van der Waals surface area contributed by atoms with Gasteiger partial charge in [0.05, 0.1) is 18.7 Å². The summed E-state index contributed by atoms with van der Waals surface area (Å²) in [5, 5.41) is 4.82. The van der Waals surface area contributed by atoms with Gasteiger partial charge in [0.2, 0.25) is 0 Å². The van der Waals surface area contributed by atoms with Crippen LogP contribution < -0.4 is 0 Å². The Hall–Kier alpha value is -1.88. The van der Waals surface area contributed by atoms with Crippen LogP contribution in [0.25, 0.3) is 5.82 Å². The predicted octanol–water partition coefficient (Wildman–Crippen LogP) is 2.03. The van der Waals surface area contributed by atoms with E-state index in [9.17, 15) is 4.79 Å². The molecule has 2 aromatic heterocycles. The first kappa shape index (κ1) is 12.6. The fourth-order valence-electron chi connectivity index (χ4n) is 1.46. The number of rotatable bonds is 4. The zero-order valence-electron chi connectivity index (χ0n) is 9.84. The third kappa shape index (κ3) is 3.07. The highest BCUT2D eigenvalue weighted by atomic mass is 35.5. The van der Waals surface area contributed by atoms with Crippen LogP contribution in [-0.4, -0.2) is 27.3 Å². The van der Waals surface area contributed by atoms with Crippen LogP contribution in [-0.2, 0) is 16.0 Å². The van der Waals surface area contributed by atoms with Crippen molar-refractivity contribution in [2.45, 2.75) is 13.3 Å². The number of ether oxygens (including phenoxy) is 1. The molecule has 0 saturated heterocycles. The minimum absolute atomic E-state index is 0.154. The van der Waals surface area contributed by atoms with E-state index in [1.54, 1.807) is 42.2 Å². The van der Waals surface area contributed by atoms with Crippen LogP contribution in [0.2, 0.25) is 5.02 Å². The number of carbonyl (C=O) groups is 1. The molecule has 0 N–H and O–H groups in total. The summed E-state index contributed by atoms with van der Waals surface area (Å²) in [5.74, 6) is 0.319. The highest BCUT2D eigenvalue weighted by Crippen LogP contribution is 2.11. The molecular formula is C12H12ClN3O2. The van der Waals surface area contributed by atoms with Gasteiger partial charge in [-0.2, -0.15) is 5.10 Å². The van der Waals surface area contributed by atoms with Gasteiger partial charge >= 0.3 is 5.97 Å². The minimum Gasteiger partial charge on any atom is -0.466 e. The van der Waals surface area contributed by atoms with Crippen molar-refractivity contribution in [1.82, 2.24) is 14.8 Å². The molecule has 18 heavy (non-hydrogen) atoms. The van der Waals surface area contributed by atoms with Gasteiger partial charge in [-0.1, -0.05) is 11.6 Å². The Kier molecular flexibility index (Phi) is 3.94. The average molecular weight is 266 g/mol. The van der Waals surface area contributed by atoms with E-state index in [1.807, 2.05) is 0 Å². The molecule has 0 bridgehead atoms. The second kappa shape index (κ2) is 5.64. The quantitative estimate of drug-likeness (QED) is 0.794.